The minimum Gasteiger partial charge on any atom is -0.490 e. The second kappa shape index (κ2) is 7.70. The number of nitriles is 1. The van der Waals surface area contributed by atoms with Crippen LogP contribution in [-0.2, 0) is 4.74 Å². The van der Waals surface area contributed by atoms with E-state index in [1.807, 2.05) is 19.1 Å². The van der Waals surface area contributed by atoms with Gasteiger partial charge in [0.05, 0.1) is 12.2 Å². The van der Waals surface area contributed by atoms with Gasteiger partial charge in [0.1, 0.15) is 18.4 Å². The lowest BCUT2D eigenvalue weighted by atomic mass is 10.1. The predicted molar refractivity (Wildman–Crippen MR) is 67.1 cm³/mol. The summed E-state index contributed by atoms with van der Waals surface area (Å²) in [6.07, 6.45) is 2.21. The Morgan fingerprint density at radius 2 is 2.06 bits per heavy atom. The molecule has 0 aliphatic rings. The van der Waals surface area contributed by atoms with Gasteiger partial charge in [0.15, 0.2) is 0 Å². The van der Waals surface area contributed by atoms with Crippen molar-refractivity contribution in [1.82, 2.24) is 0 Å². The van der Waals surface area contributed by atoms with Crippen LogP contribution in [0.15, 0.2) is 18.2 Å². The standard InChI is InChI=1S/C14H19NO2/c1-3-4-7-16-8-9-17-14-10-12(2)5-6-13(14)11-15/h5-6,10H,3-4,7-9H2,1-2H3. The highest BCUT2D eigenvalue weighted by Crippen LogP contribution is 2.19. The fourth-order valence-corrected chi connectivity index (χ4v) is 1.40. The first kappa shape index (κ1) is 13.5. The fraction of sp³-hybridized carbons (Fsp3) is 0.500. The highest BCUT2D eigenvalue weighted by Gasteiger charge is 2.02. The molecule has 0 spiro atoms. The van der Waals surface area contributed by atoms with Gasteiger partial charge in [-0.3, -0.25) is 0 Å². The molecule has 0 unspecified atom stereocenters. The van der Waals surface area contributed by atoms with Gasteiger partial charge in [0.25, 0.3) is 0 Å². The molecule has 0 saturated carbocycles. The monoisotopic (exact) mass is 233 g/mol. The van der Waals surface area contributed by atoms with Gasteiger partial charge in [0.2, 0.25) is 0 Å². The second-order valence-corrected chi connectivity index (χ2v) is 3.93. The van der Waals surface area contributed by atoms with E-state index in [4.69, 9.17) is 14.7 Å². The minimum absolute atomic E-state index is 0.488. The molecule has 1 rings (SSSR count). The molecule has 3 heteroatoms. The Labute approximate surface area is 103 Å². The molecule has 0 heterocycles. The third-order valence-corrected chi connectivity index (χ3v) is 2.39. The molecule has 0 atom stereocenters. The summed E-state index contributed by atoms with van der Waals surface area (Å²) in [6.45, 7) is 5.94. The Bertz CT molecular complexity index is 382. The van der Waals surface area contributed by atoms with Crippen LogP contribution in [-0.4, -0.2) is 19.8 Å². The van der Waals surface area contributed by atoms with E-state index in [-0.39, 0.29) is 0 Å². The SMILES string of the molecule is CCCCOCCOc1cc(C)ccc1C#N. The number of hydrogen-bond donors (Lipinski definition) is 0. The summed E-state index contributed by atoms with van der Waals surface area (Å²) in [5.74, 6) is 0.645. The fourth-order valence-electron chi connectivity index (χ4n) is 1.40. The van der Waals surface area contributed by atoms with Gasteiger partial charge < -0.3 is 9.47 Å². The Hall–Kier alpha value is -1.53. The van der Waals surface area contributed by atoms with Crippen molar-refractivity contribution in [3.63, 3.8) is 0 Å². The van der Waals surface area contributed by atoms with Crippen molar-refractivity contribution in [3.8, 4) is 11.8 Å². The molecule has 1 aromatic rings. The summed E-state index contributed by atoms with van der Waals surface area (Å²) in [4.78, 5) is 0. The van der Waals surface area contributed by atoms with Gasteiger partial charge in [-0.1, -0.05) is 19.4 Å². The summed E-state index contributed by atoms with van der Waals surface area (Å²) >= 11 is 0. The second-order valence-electron chi connectivity index (χ2n) is 3.93. The smallest absolute Gasteiger partial charge is 0.137 e. The Kier molecular flexibility index (Phi) is 6.13. The van der Waals surface area contributed by atoms with Crippen LogP contribution in [0.25, 0.3) is 0 Å². The average Bonchev–Trinajstić information content (AvgIpc) is 2.34. The van der Waals surface area contributed by atoms with Crippen molar-refractivity contribution in [2.24, 2.45) is 0 Å². The largest absolute Gasteiger partial charge is 0.490 e. The molecule has 1 aromatic carbocycles. The zero-order chi connectivity index (χ0) is 12.5. The van der Waals surface area contributed by atoms with Crippen molar-refractivity contribution in [2.45, 2.75) is 26.7 Å². The van der Waals surface area contributed by atoms with Gasteiger partial charge in [-0.15, -0.1) is 0 Å². The predicted octanol–water partition coefficient (Wildman–Crippen LogP) is 3.06. The third kappa shape index (κ3) is 4.88. The van der Waals surface area contributed by atoms with E-state index >= 15 is 0 Å². The lowest BCUT2D eigenvalue weighted by Crippen LogP contribution is -2.08. The quantitative estimate of drug-likeness (QED) is 0.680. The molecule has 0 aliphatic carbocycles. The van der Waals surface area contributed by atoms with E-state index in [0.717, 1.165) is 25.0 Å². The molecule has 0 aliphatic heterocycles. The molecular weight excluding hydrogens is 214 g/mol. The molecule has 0 saturated heterocycles. The molecule has 0 fully saturated rings. The van der Waals surface area contributed by atoms with Crippen LogP contribution in [0.4, 0.5) is 0 Å². The number of aryl methyl sites for hydroxylation is 1. The number of benzene rings is 1. The molecule has 92 valence electrons. The number of unbranched alkanes of at least 4 members (excludes halogenated alkanes) is 1. The van der Waals surface area contributed by atoms with E-state index in [1.165, 1.54) is 0 Å². The normalized spacial score (nSPS) is 9.94. The van der Waals surface area contributed by atoms with Gasteiger partial charge >= 0.3 is 0 Å². The number of rotatable bonds is 7. The Morgan fingerprint density at radius 1 is 1.24 bits per heavy atom. The van der Waals surface area contributed by atoms with Gasteiger partial charge in [-0.05, 0) is 31.0 Å². The number of nitrogens with zero attached hydrogens (tertiary/aromatic N) is 1. The highest BCUT2D eigenvalue weighted by molar-refractivity contribution is 5.44. The molecule has 3 nitrogen and oxygen atoms in total. The van der Waals surface area contributed by atoms with E-state index in [9.17, 15) is 0 Å². The van der Waals surface area contributed by atoms with Gasteiger partial charge in [-0.25, -0.2) is 0 Å². The van der Waals surface area contributed by atoms with E-state index < -0.39 is 0 Å². The molecule has 0 N–H and O–H groups in total. The van der Waals surface area contributed by atoms with Crippen LogP contribution in [0.3, 0.4) is 0 Å². The summed E-state index contributed by atoms with van der Waals surface area (Å²) in [6, 6.07) is 7.68. The summed E-state index contributed by atoms with van der Waals surface area (Å²) in [7, 11) is 0. The zero-order valence-corrected chi connectivity index (χ0v) is 10.5. The summed E-state index contributed by atoms with van der Waals surface area (Å²) in [5.41, 5.74) is 1.66. The van der Waals surface area contributed by atoms with Gasteiger partial charge in [0, 0.05) is 6.61 Å². The number of ether oxygens (including phenoxy) is 2. The molecule has 17 heavy (non-hydrogen) atoms. The molecule has 0 aromatic heterocycles. The van der Waals surface area contributed by atoms with Crippen LogP contribution >= 0.6 is 0 Å². The lowest BCUT2D eigenvalue weighted by Gasteiger charge is -2.09. The maximum atomic E-state index is 8.92. The topological polar surface area (TPSA) is 42.2 Å². The van der Waals surface area contributed by atoms with Crippen molar-refractivity contribution in [1.29, 1.82) is 5.26 Å². The lowest BCUT2D eigenvalue weighted by molar-refractivity contribution is 0.0979. The zero-order valence-electron chi connectivity index (χ0n) is 10.5. The van der Waals surface area contributed by atoms with Crippen LogP contribution in [0.1, 0.15) is 30.9 Å². The third-order valence-electron chi connectivity index (χ3n) is 2.39. The Morgan fingerprint density at radius 3 is 2.76 bits per heavy atom. The van der Waals surface area contributed by atoms with Crippen LogP contribution < -0.4 is 4.74 Å². The minimum atomic E-state index is 0.488. The highest BCUT2D eigenvalue weighted by atomic mass is 16.5. The molecular formula is C14H19NO2. The van der Waals surface area contributed by atoms with Crippen molar-refractivity contribution < 1.29 is 9.47 Å². The molecule has 0 amide bonds. The van der Waals surface area contributed by atoms with E-state index in [1.54, 1.807) is 6.07 Å². The molecule has 0 radical (unpaired) electrons. The first-order valence-electron chi connectivity index (χ1n) is 5.99. The first-order valence-corrected chi connectivity index (χ1v) is 5.99. The van der Waals surface area contributed by atoms with Crippen LogP contribution in [0.2, 0.25) is 0 Å². The summed E-state index contributed by atoms with van der Waals surface area (Å²) in [5, 5.41) is 8.92. The van der Waals surface area contributed by atoms with Crippen LogP contribution in [0, 0.1) is 18.3 Å². The molecule has 0 bridgehead atoms. The van der Waals surface area contributed by atoms with Gasteiger partial charge in [-0.2, -0.15) is 5.26 Å². The average molecular weight is 233 g/mol. The summed E-state index contributed by atoms with van der Waals surface area (Å²) < 4.78 is 10.9. The Balaban J connectivity index is 2.36. The van der Waals surface area contributed by atoms with Crippen LogP contribution in [0.5, 0.6) is 5.75 Å². The van der Waals surface area contributed by atoms with Crippen molar-refractivity contribution in [2.75, 3.05) is 19.8 Å². The maximum absolute atomic E-state index is 8.92. The maximum Gasteiger partial charge on any atom is 0.137 e. The van der Waals surface area contributed by atoms with Crippen molar-refractivity contribution in [3.05, 3.63) is 29.3 Å². The van der Waals surface area contributed by atoms with E-state index in [2.05, 4.69) is 13.0 Å². The first-order chi connectivity index (χ1) is 8.27. The van der Waals surface area contributed by atoms with Crippen molar-refractivity contribution >= 4 is 0 Å². The number of hydrogen-bond acceptors (Lipinski definition) is 3. The van der Waals surface area contributed by atoms with E-state index in [0.29, 0.717) is 24.5 Å².